The first-order valence-corrected chi connectivity index (χ1v) is 7.49. The van der Waals surface area contributed by atoms with Crippen LogP contribution in [0.5, 0.6) is 0 Å². The lowest BCUT2D eigenvalue weighted by Gasteiger charge is -2.36. The third kappa shape index (κ3) is 2.88. The van der Waals surface area contributed by atoms with Crippen LogP contribution in [0.1, 0.15) is 24.8 Å². The minimum atomic E-state index is -3.79. The predicted molar refractivity (Wildman–Crippen MR) is 69.5 cm³/mol. The Labute approximate surface area is 111 Å². The summed E-state index contributed by atoms with van der Waals surface area (Å²) in [4.78, 5) is -0.0909. The van der Waals surface area contributed by atoms with Crippen molar-refractivity contribution in [2.75, 3.05) is 12.3 Å². The molecule has 1 saturated carbocycles. The van der Waals surface area contributed by atoms with Crippen LogP contribution < -0.4 is 10.5 Å². The van der Waals surface area contributed by atoms with Crippen molar-refractivity contribution in [3.63, 3.8) is 0 Å². The van der Waals surface area contributed by atoms with Gasteiger partial charge in [-0.05, 0) is 43.9 Å². The minimum Gasteiger partial charge on any atom is -0.396 e. The number of aryl methyl sites for hydroxylation is 1. The van der Waals surface area contributed by atoms with Gasteiger partial charge in [0.25, 0.3) is 0 Å². The van der Waals surface area contributed by atoms with Gasteiger partial charge in [0.2, 0.25) is 10.0 Å². The molecule has 0 bridgehead atoms. The van der Waals surface area contributed by atoms with Gasteiger partial charge >= 0.3 is 0 Å². The maximum Gasteiger partial charge on any atom is 0.240 e. The molecule has 1 aromatic carbocycles. The number of rotatable bonds is 4. The molecule has 106 valence electrons. The van der Waals surface area contributed by atoms with Gasteiger partial charge < -0.3 is 10.8 Å². The summed E-state index contributed by atoms with van der Waals surface area (Å²) in [5, 5.41) is 9.86. The number of hydrogen-bond donors (Lipinski definition) is 3. The highest BCUT2D eigenvalue weighted by Gasteiger charge is 2.35. The molecule has 1 fully saturated rings. The number of nitrogens with two attached hydrogens (primary N) is 1. The van der Waals surface area contributed by atoms with Gasteiger partial charge in [0, 0.05) is 6.54 Å². The number of hydrogen-bond acceptors (Lipinski definition) is 4. The number of halogens is 1. The molecule has 2 rings (SSSR count). The smallest absolute Gasteiger partial charge is 0.240 e. The van der Waals surface area contributed by atoms with Crippen LogP contribution in [-0.4, -0.2) is 25.7 Å². The topological polar surface area (TPSA) is 92.4 Å². The molecule has 0 unspecified atom stereocenters. The molecular formula is C12H17FN2O3S. The molecule has 19 heavy (non-hydrogen) atoms. The number of benzene rings is 1. The lowest BCUT2D eigenvalue weighted by molar-refractivity contribution is -0.0270. The van der Waals surface area contributed by atoms with Crippen LogP contribution in [0.25, 0.3) is 0 Å². The number of sulfonamides is 1. The van der Waals surface area contributed by atoms with Crippen LogP contribution in [0, 0.1) is 12.7 Å². The molecule has 1 aliphatic carbocycles. The zero-order chi connectivity index (χ0) is 14.3. The average molecular weight is 288 g/mol. The third-order valence-corrected chi connectivity index (χ3v) is 4.82. The summed E-state index contributed by atoms with van der Waals surface area (Å²) in [5.74, 6) is -0.614. The summed E-state index contributed by atoms with van der Waals surface area (Å²) in [5.41, 5.74) is 4.43. The molecule has 4 N–H and O–H groups in total. The van der Waals surface area contributed by atoms with Crippen LogP contribution >= 0.6 is 0 Å². The zero-order valence-electron chi connectivity index (χ0n) is 10.6. The highest BCUT2D eigenvalue weighted by Crippen LogP contribution is 2.31. The average Bonchev–Trinajstić information content (AvgIpc) is 2.30. The lowest BCUT2D eigenvalue weighted by Crippen LogP contribution is -2.47. The highest BCUT2D eigenvalue weighted by atomic mass is 32.2. The molecular weight excluding hydrogens is 271 g/mol. The predicted octanol–water partition coefficient (Wildman–Crippen LogP) is 0.910. The van der Waals surface area contributed by atoms with Gasteiger partial charge in [0.15, 0.2) is 0 Å². The van der Waals surface area contributed by atoms with Crippen molar-refractivity contribution in [3.05, 3.63) is 23.5 Å². The molecule has 0 atom stereocenters. The Bertz CT molecular complexity index is 574. The molecule has 0 heterocycles. The van der Waals surface area contributed by atoms with Crippen molar-refractivity contribution in [1.82, 2.24) is 4.72 Å². The standard InChI is InChI=1S/C12H17FN2O3S/c1-8-5-9(6-10(14)11(8)13)19(17,18)15-7-12(16)3-2-4-12/h5-6,15-16H,2-4,7,14H2,1H3. The molecule has 1 aromatic rings. The van der Waals surface area contributed by atoms with Gasteiger partial charge in [0.05, 0.1) is 16.2 Å². The van der Waals surface area contributed by atoms with Gasteiger partial charge in [-0.15, -0.1) is 0 Å². The Kier molecular flexibility index (Phi) is 3.55. The van der Waals surface area contributed by atoms with Crippen molar-refractivity contribution in [3.8, 4) is 0 Å². The summed E-state index contributed by atoms with van der Waals surface area (Å²) >= 11 is 0. The first-order valence-electron chi connectivity index (χ1n) is 6.01. The lowest BCUT2D eigenvalue weighted by atomic mass is 9.81. The van der Waals surface area contributed by atoms with E-state index in [1.807, 2.05) is 0 Å². The summed E-state index contributed by atoms with van der Waals surface area (Å²) in [6.07, 6.45) is 2.06. The molecule has 0 spiro atoms. The van der Waals surface area contributed by atoms with E-state index in [2.05, 4.69) is 4.72 Å². The van der Waals surface area contributed by atoms with Crippen LogP contribution in [0.2, 0.25) is 0 Å². The Balaban J connectivity index is 2.19. The Morgan fingerprint density at radius 3 is 2.58 bits per heavy atom. The largest absolute Gasteiger partial charge is 0.396 e. The van der Waals surface area contributed by atoms with E-state index >= 15 is 0 Å². The van der Waals surface area contributed by atoms with Crippen molar-refractivity contribution < 1.29 is 17.9 Å². The Morgan fingerprint density at radius 2 is 2.11 bits per heavy atom. The first-order chi connectivity index (χ1) is 8.73. The van der Waals surface area contributed by atoms with Crippen molar-refractivity contribution in [2.45, 2.75) is 36.7 Å². The van der Waals surface area contributed by atoms with Gasteiger partial charge in [-0.25, -0.2) is 17.5 Å². The fourth-order valence-corrected chi connectivity index (χ4v) is 3.23. The fourth-order valence-electron chi connectivity index (χ4n) is 1.99. The van der Waals surface area contributed by atoms with Gasteiger partial charge in [-0.2, -0.15) is 0 Å². The quantitative estimate of drug-likeness (QED) is 0.718. The number of nitrogen functional groups attached to an aromatic ring is 1. The monoisotopic (exact) mass is 288 g/mol. The van der Waals surface area contributed by atoms with Crippen LogP contribution in [-0.2, 0) is 10.0 Å². The molecule has 0 saturated heterocycles. The van der Waals surface area contributed by atoms with Crippen molar-refractivity contribution in [2.24, 2.45) is 0 Å². The van der Waals surface area contributed by atoms with Gasteiger partial charge in [0.1, 0.15) is 5.82 Å². The SMILES string of the molecule is Cc1cc(S(=O)(=O)NCC2(O)CCC2)cc(N)c1F. The minimum absolute atomic E-state index is 0.0360. The number of anilines is 1. The second-order valence-corrected chi connectivity index (χ2v) is 6.81. The van der Waals surface area contributed by atoms with E-state index in [1.165, 1.54) is 13.0 Å². The summed E-state index contributed by atoms with van der Waals surface area (Å²) in [7, 11) is -3.79. The first kappa shape index (κ1) is 14.2. The number of nitrogens with one attached hydrogen (secondary N) is 1. The molecule has 7 heteroatoms. The number of aliphatic hydroxyl groups is 1. The van der Waals surface area contributed by atoms with E-state index in [-0.39, 0.29) is 22.7 Å². The second kappa shape index (κ2) is 4.73. The maximum absolute atomic E-state index is 13.4. The van der Waals surface area contributed by atoms with Crippen LogP contribution in [0.4, 0.5) is 10.1 Å². The zero-order valence-corrected chi connectivity index (χ0v) is 11.4. The summed E-state index contributed by atoms with van der Waals surface area (Å²) in [6, 6.07) is 2.30. The summed E-state index contributed by atoms with van der Waals surface area (Å²) in [6.45, 7) is 1.41. The maximum atomic E-state index is 13.4. The van der Waals surface area contributed by atoms with E-state index in [0.29, 0.717) is 12.8 Å². The molecule has 1 aliphatic rings. The van der Waals surface area contributed by atoms with Crippen LogP contribution in [0.15, 0.2) is 17.0 Å². The highest BCUT2D eigenvalue weighted by molar-refractivity contribution is 7.89. The fraction of sp³-hybridized carbons (Fsp3) is 0.500. The van der Waals surface area contributed by atoms with Crippen LogP contribution in [0.3, 0.4) is 0 Å². The molecule has 0 aromatic heterocycles. The Hall–Kier alpha value is -1.18. The third-order valence-electron chi connectivity index (χ3n) is 3.44. The second-order valence-electron chi connectivity index (χ2n) is 5.05. The van der Waals surface area contributed by atoms with Crippen molar-refractivity contribution >= 4 is 15.7 Å². The van der Waals surface area contributed by atoms with E-state index in [1.54, 1.807) is 0 Å². The van der Waals surface area contributed by atoms with E-state index in [0.717, 1.165) is 12.5 Å². The molecule has 0 radical (unpaired) electrons. The van der Waals surface area contributed by atoms with Gasteiger partial charge in [-0.1, -0.05) is 0 Å². The molecule has 0 amide bonds. The molecule has 5 nitrogen and oxygen atoms in total. The van der Waals surface area contributed by atoms with Crippen molar-refractivity contribution in [1.29, 1.82) is 0 Å². The summed E-state index contributed by atoms with van der Waals surface area (Å²) < 4.78 is 39.8. The Morgan fingerprint density at radius 1 is 1.47 bits per heavy atom. The normalized spacial score (nSPS) is 18.1. The van der Waals surface area contributed by atoms with E-state index in [4.69, 9.17) is 5.73 Å². The van der Waals surface area contributed by atoms with E-state index in [9.17, 15) is 17.9 Å². The molecule has 0 aliphatic heterocycles. The van der Waals surface area contributed by atoms with Gasteiger partial charge in [-0.3, -0.25) is 0 Å². The van der Waals surface area contributed by atoms with E-state index < -0.39 is 21.4 Å².